The first-order valence-corrected chi connectivity index (χ1v) is 4.52. The molecule has 0 aromatic heterocycles. The van der Waals surface area contributed by atoms with Crippen LogP contribution in [0.4, 0.5) is 0 Å². The van der Waals surface area contributed by atoms with Crippen LogP contribution in [-0.4, -0.2) is 58.5 Å². The summed E-state index contributed by atoms with van der Waals surface area (Å²) in [5.74, 6) is -0.502. The topological polar surface area (TPSA) is 119 Å². The van der Waals surface area contributed by atoms with Crippen molar-refractivity contribution in [1.82, 2.24) is 5.32 Å². The van der Waals surface area contributed by atoms with Crippen molar-refractivity contribution in [3.05, 3.63) is 0 Å². The lowest BCUT2D eigenvalue weighted by Crippen LogP contribution is -2.63. The number of hydrogen-bond donors (Lipinski definition) is 4. The van der Waals surface area contributed by atoms with Crippen LogP contribution < -0.4 is 5.32 Å². The van der Waals surface area contributed by atoms with Crippen molar-refractivity contribution in [3.63, 3.8) is 0 Å². The van der Waals surface area contributed by atoms with Crippen molar-refractivity contribution in [2.45, 2.75) is 37.6 Å². The standard InChI is InChI=1S/C8H14NO6/c1-3(11)9-5-7(13)6(12)4(2-10)15-8(5)14/h4-8,10,12-13H,2H2,1H3,(H,9,11)/t4-,5-,6+,7-,8+/m1/s1. The number of aliphatic hydroxyl groups is 3. The normalized spacial score (nSPS) is 41.3. The van der Waals surface area contributed by atoms with E-state index in [9.17, 15) is 20.1 Å². The van der Waals surface area contributed by atoms with Gasteiger partial charge in [0.05, 0.1) is 6.61 Å². The highest BCUT2D eigenvalue weighted by molar-refractivity contribution is 5.73. The second-order valence-corrected chi connectivity index (χ2v) is 3.43. The first-order valence-electron chi connectivity index (χ1n) is 4.52. The highest BCUT2D eigenvalue weighted by atomic mass is 16.6. The monoisotopic (exact) mass is 220 g/mol. The number of aliphatic hydroxyl groups excluding tert-OH is 3. The first-order chi connectivity index (χ1) is 6.97. The number of ether oxygens (including phenoxy) is 1. The largest absolute Gasteiger partial charge is 0.394 e. The first kappa shape index (κ1) is 12.3. The van der Waals surface area contributed by atoms with Crippen molar-refractivity contribution in [3.8, 4) is 0 Å². The molecule has 7 nitrogen and oxygen atoms in total. The second-order valence-electron chi connectivity index (χ2n) is 3.43. The fourth-order valence-corrected chi connectivity index (χ4v) is 1.47. The lowest BCUT2D eigenvalue weighted by Gasteiger charge is -2.39. The van der Waals surface area contributed by atoms with Crippen LogP contribution in [0.2, 0.25) is 0 Å². The molecule has 0 aliphatic carbocycles. The van der Waals surface area contributed by atoms with Crippen LogP contribution in [0.25, 0.3) is 0 Å². The Hall–Kier alpha value is -0.730. The van der Waals surface area contributed by atoms with Gasteiger partial charge in [0.15, 0.2) is 0 Å². The minimum atomic E-state index is -1.70. The minimum Gasteiger partial charge on any atom is -0.394 e. The fraction of sp³-hybridized carbons (Fsp3) is 0.875. The van der Waals surface area contributed by atoms with Crippen LogP contribution in [0.3, 0.4) is 0 Å². The molecule has 0 unspecified atom stereocenters. The predicted molar refractivity (Wildman–Crippen MR) is 46.1 cm³/mol. The molecule has 15 heavy (non-hydrogen) atoms. The molecular weight excluding hydrogens is 206 g/mol. The van der Waals surface area contributed by atoms with Gasteiger partial charge in [-0.1, -0.05) is 0 Å². The average molecular weight is 220 g/mol. The fourth-order valence-electron chi connectivity index (χ4n) is 1.47. The third-order valence-corrected chi connectivity index (χ3v) is 2.25. The van der Waals surface area contributed by atoms with E-state index in [4.69, 9.17) is 9.84 Å². The van der Waals surface area contributed by atoms with Crippen LogP contribution in [0.1, 0.15) is 6.92 Å². The van der Waals surface area contributed by atoms with Crippen LogP contribution in [0, 0.1) is 0 Å². The molecule has 0 saturated carbocycles. The summed E-state index contributed by atoms with van der Waals surface area (Å²) in [6, 6.07) is -1.21. The van der Waals surface area contributed by atoms with Crippen molar-refractivity contribution >= 4 is 5.91 Å². The summed E-state index contributed by atoms with van der Waals surface area (Å²) >= 11 is 0. The molecule has 5 atom stereocenters. The summed E-state index contributed by atoms with van der Waals surface area (Å²) in [7, 11) is 0. The Kier molecular flexibility index (Phi) is 4.00. The smallest absolute Gasteiger partial charge is 0.217 e. The Morgan fingerprint density at radius 2 is 2.00 bits per heavy atom. The highest BCUT2D eigenvalue weighted by Gasteiger charge is 2.44. The summed E-state index contributed by atoms with van der Waals surface area (Å²) in [5, 5.41) is 41.2. The molecule has 1 aliphatic rings. The Bertz CT molecular complexity index is 235. The summed E-state index contributed by atoms with van der Waals surface area (Å²) in [4.78, 5) is 10.7. The summed E-state index contributed by atoms with van der Waals surface area (Å²) in [6.07, 6.45) is -5.66. The van der Waals surface area contributed by atoms with Gasteiger partial charge in [0.25, 0.3) is 0 Å². The lowest BCUT2D eigenvalue weighted by atomic mass is 9.97. The van der Waals surface area contributed by atoms with E-state index in [1.807, 2.05) is 0 Å². The molecule has 1 fully saturated rings. The zero-order chi connectivity index (χ0) is 11.6. The molecule has 0 aromatic rings. The van der Waals surface area contributed by atoms with E-state index in [1.165, 1.54) is 6.92 Å². The molecule has 1 heterocycles. The maximum atomic E-state index is 11.3. The van der Waals surface area contributed by atoms with Crippen molar-refractivity contribution in [2.24, 2.45) is 0 Å². The van der Waals surface area contributed by atoms with Gasteiger partial charge in [-0.05, 0) is 0 Å². The molecule has 1 rings (SSSR count). The van der Waals surface area contributed by atoms with Crippen LogP contribution >= 0.6 is 0 Å². The molecule has 87 valence electrons. The van der Waals surface area contributed by atoms with Gasteiger partial charge in [-0.25, -0.2) is 0 Å². The number of rotatable bonds is 2. The van der Waals surface area contributed by atoms with E-state index in [2.05, 4.69) is 5.32 Å². The Balaban J connectivity index is 2.70. The number of nitrogens with one attached hydrogen (secondary N) is 1. The SMILES string of the molecule is CC(=O)N[C@@H]1[C@@H](O)[C@@H](O)[C@@H](CO)O[C@@H]1[O]. The quantitative estimate of drug-likeness (QED) is 0.405. The Morgan fingerprint density at radius 3 is 2.47 bits per heavy atom. The maximum Gasteiger partial charge on any atom is 0.217 e. The number of carbonyl (C=O) groups is 1. The van der Waals surface area contributed by atoms with Gasteiger partial charge in [-0.15, -0.1) is 0 Å². The molecule has 4 N–H and O–H groups in total. The number of carbonyl (C=O) groups excluding carboxylic acids is 1. The van der Waals surface area contributed by atoms with Gasteiger partial charge in [0.1, 0.15) is 24.4 Å². The number of amides is 1. The van der Waals surface area contributed by atoms with E-state index in [-0.39, 0.29) is 0 Å². The van der Waals surface area contributed by atoms with E-state index in [0.717, 1.165) is 0 Å². The maximum absolute atomic E-state index is 11.3. The molecule has 1 amide bonds. The zero-order valence-corrected chi connectivity index (χ0v) is 8.16. The van der Waals surface area contributed by atoms with E-state index < -0.39 is 43.2 Å². The van der Waals surface area contributed by atoms with Crippen molar-refractivity contribution in [1.29, 1.82) is 0 Å². The summed E-state index contributed by atoms with van der Waals surface area (Å²) < 4.78 is 4.70. The molecule has 1 radical (unpaired) electrons. The Labute approximate surface area is 86.3 Å². The molecule has 1 aliphatic heterocycles. The van der Waals surface area contributed by atoms with Gasteiger partial charge < -0.3 is 25.4 Å². The van der Waals surface area contributed by atoms with E-state index in [0.29, 0.717) is 0 Å². The third-order valence-electron chi connectivity index (χ3n) is 2.25. The highest BCUT2D eigenvalue weighted by Crippen LogP contribution is 2.19. The van der Waals surface area contributed by atoms with Crippen molar-refractivity contribution < 1.29 is 30.0 Å². The summed E-state index contributed by atoms with van der Waals surface area (Å²) in [5.41, 5.74) is 0. The molecule has 7 heteroatoms. The molecule has 0 aromatic carbocycles. The van der Waals surface area contributed by atoms with Gasteiger partial charge >= 0.3 is 0 Å². The van der Waals surface area contributed by atoms with Gasteiger partial charge in [0, 0.05) is 6.92 Å². The van der Waals surface area contributed by atoms with Gasteiger partial charge in [0.2, 0.25) is 12.2 Å². The zero-order valence-electron chi connectivity index (χ0n) is 8.16. The Morgan fingerprint density at radius 1 is 1.40 bits per heavy atom. The molecule has 0 bridgehead atoms. The van der Waals surface area contributed by atoms with E-state index >= 15 is 0 Å². The van der Waals surface area contributed by atoms with E-state index in [1.54, 1.807) is 0 Å². The molecule has 1 saturated heterocycles. The van der Waals surface area contributed by atoms with Gasteiger partial charge in [-0.2, -0.15) is 5.11 Å². The molecule has 0 spiro atoms. The predicted octanol–water partition coefficient (Wildman–Crippen LogP) is -2.64. The third kappa shape index (κ3) is 2.64. The molecular formula is C8H14NO6. The van der Waals surface area contributed by atoms with Gasteiger partial charge in [-0.3, -0.25) is 4.79 Å². The second kappa shape index (κ2) is 4.86. The summed E-state index contributed by atoms with van der Waals surface area (Å²) in [6.45, 7) is 0.619. The van der Waals surface area contributed by atoms with Crippen LogP contribution in [0.15, 0.2) is 0 Å². The van der Waals surface area contributed by atoms with Crippen LogP contribution in [0.5, 0.6) is 0 Å². The van der Waals surface area contributed by atoms with Crippen molar-refractivity contribution in [2.75, 3.05) is 6.61 Å². The lowest BCUT2D eigenvalue weighted by molar-refractivity contribution is -0.272. The average Bonchev–Trinajstić information content (AvgIpc) is 2.18. The minimum absolute atomic E-state index is 0.502. The van der Waals surface area contributed by atoms with Crippen LogP contribution in [-0.2, 0) is 14.6 Å². The number of hydrogen-bond acceptors (Lipinski definition) is 5.